The number of benzene rings is 4. The van der Waals surface area contributed by atoms with Gasteiger partial charge in [-0.15, -0.1) is 5.10 Å². The molecule has 5 aromatic rings. The number of carbonyl (C=O) groups excluding carboxylic acids is 2. The summed E-state index contributed by atoms with van der Waals surface area (Å²) in [6.45, 7) is 3.81. The lowest BCUT2D eigenvalue weighted by atomic mass is 10.0. The van der Waals surface area contributed by atoms with E-state index in [4.69, 9.17) is 11.6 Å². The maximum absolute atomic E-state index is 14.2. The summed E-state index contributed by atoms with van der Waals surface area (Å²) in [6, 6.07) is 21.7. The normalized spacial score (nSPS) is 11.7. The molecule has 1 heterocycles. The molecule has 0 unspecified atom stereocenters. The van der Waals surface area contributed by atoms with Gasteiger partial charge in [0.2, 0.25) is 5.91 Å². The molecule has 2 amide bonds. The van der Waals surface area contributed by atoms with E-state index in [0.29, 0.717) is 36.0 Å². The highest BCUT2D eigenvalue weighted by Gasteiger charge is 2.35. The van der Waals surface area contributed by atoms with Crippen molar-refractivity contribution in [2.75, 3.05) is 5.32 Å². The van der Waals surface area contributed by atoms with Gasteiger partial charge < -0.3 is 5.32 Å². The molecule has 10 nitrogen and oxygen atoms in total. The van der Waals surface area contributed by atoms with Gasteiger partial charge >= 0.3 is 11.9 Å². The van der Waals surface area contributed by atoms with Crippen LogP contribution in [-0.4, -0.2) is 34.6 Å². The zero-order valence-corrected chi connectivity index (χ0v) is 30.5. The first-order chi connectivity index (χ1) is 25.2. The third kappa shape index (κ3) is 9.43. The molecule has 0 radical (unpaired) electrons. The van der Waals surface area contributed by atoms with Gasteiger partial charge in [0.05, 0.1) is 22.7 Å². The van der Waals surface area contributed by atoms with E-state index in [1.165, 1.54) is 34.9 Å². The smallest absolute Gasteiger partial charge is 0.326 e. The molecule has 1 aromatic heterocycles. The van der Waals surface area contributed by atoms with E-state index in [1.807, 2.05) is 13.8 Å². The number of halogens is 4. The van der Waals surface area contributed by atoms with Crippen LogP contribution in [0.25, 0.3) is 16.8 Å². The van der Waals surface area contributed by atoms with Gasteiger partial charge in [-0.2, -0.15) is 17.9 Å². The van der Waals surface area contributed by atoms with Crippen molar-refractivity contribution in [2.24, 2.45) is 0 Å². The molecule has 0 bridgehead atoms. The maximum atomic E-state index is 14.2. The maximum Gasteiger partial charge on any atom is 0.418 e. The van der Waals surface area contributed by atoms with Gasteiger partial charge in [0.15, 0.2) is 0 Å². The third-order valence-electron chi connectivity index (χ3n) is 8.36. The number of nitrogens with zero attached hydrogens (tertiary/aromatic N) is 3. The van der Waals surface area contributed by atoms with Gasteiger partial charge in [-0.3, -0.25) is 14.2 Å². The molecular weight excluding hydrogens is 731 g/mol. The number of nitrogens with one attached hydrogen (secondary N) is 2. The second-order valence-corrected chi connectivity index (χ2v) is 14.4. The number of anilines is 1. The molecule has 278 valence electrons. The summed E-state index contributed by atoms with van der Waals surface area (Å²) in [5.74, 6) is -0.934. The molecule has 0 atom stereocenters. The van der Waals surface area contributed by atoms with Crippen LogP contribution in [0.5, 0.6) is 0 Å². The fourth-order valence-electron chi connectivity index (χ4n) is 5.64. The number of carbonyl (C=O) groups is 2. The van der Waals surface area contributed by atoms with Crippen molar-refractivity contribution in [1.82, 2.24) is 19.1 Å². The Morgan fingerprint density at radius 3 is 2.28 bits per heavy atom. The standard InChI is InChI=1S/C38H37ClF3N5O5S/c1-3-5-14-34-44-47(32-23-29(43-35(48)15-6-4-2)20-21-31(32)38(40,41)42)37(50)46(34)24-25-16-18-26(19-17-25)30-12-7-8-13-33(30)53(51,52)45-36(49)27-10-9-11-28(39)22-27/h7-13,16-23H,3-6,14-15,24H2,1-2H3,(H,43,48)(H,45,49). The zero-order chi connectivity index (χ0) is 38.3. The molecule has 0 aliphatic heterocycles. The van der Waals surface area contributed by atoms with Crippen LogP contribution in [0.4, 0.5) is 18.9 Å². The number of aromatic nitrogens is 3. The summed E-state index contributed by atoms with van der Waals surface area (Å²) in [5.41, 5.74) is -0.832. The van der Waals surface area contributed by atoms with Gasteiger partial charge in [-0.05, 0) is 66.4 Å². The molecule has 2 N–H and O–H groups in total. The van der Waals surface area contributed by atoms with Crippen LogP contribution in [0.3, 0.4) is 0 Å². The van der Waals surface area contributed by atoms with E-state index >= 15 is 0 Å². The van der Waals surface area contributed by atoms with Gasteiger partial charge in [-0.25, -0.2) is 17.9 Å². The summed E-state index contributed by atoms with van der Waals surface area (Å²) in [4.78, 5) is 38.9. The minimum atomic E-state index is -4.81. The average molecular weight is 768 g/mol. The summed E-state index contributed by atoms with van der Waals surface area (Å²) >= 11 is 5.96. The van der Waals surface area contributed by atoms with E-state index in [-0.39, 0.29) is 45.9 Å². The molecule has 53 heavy (non-hydrogen) atoms. The number of sulfonamides is 1. The average Bonchev–Trinajstić information content (AvgIpc) is 3.43. The number of unbranched alkanes of at least 4 members (excludes halogenated alkanes) is 2. The molecule has 0 aliphatic carbocycles. The van der Waals surface area contributed by atoms with E-state index in [9.17, 15) is 36.0 Å². The number of alkyl halides is 3. The Morgan fingerprint density at radius 1 is 0.887 bits per heavy atom. The molecule has 0 saturated carbocycles. The number of amides is 2. The number of rotatable bonds is 14. The molecule has 15 heteroatoms. The van der Waals surface area contributed by atoms with Crippen molar-refractivity contribution in [3.05, 3.63) is 129 Å². The SMILES string of the molecule is CCCCC(=O)Nc1ccc(C(F)(F)F)c(-n2nc(CCCC)n(Cc3ccc(-c4ccccc4S(=O)(=O)NC(=O)c4cccc(Cl)c4)cc3)c2=O)c1. The van der Waals surface area contributed by atoms with Gasteiger partial charge in [0, 0.05) is 34.7 Å². The third-order valence-corrected chi connectivity index (χ3v) is 9.99. The van der Waals surface area contributed by atoms with Gasteiger partial charge in [-0.1, -0.05) is 86.8 Å². The second kappa shape index (κ2) is 16.6. The van der Waals surface area contributed by atoms with Gasteiger partial charge in [0.25, 0.3) is 15.9 Å². The zero-order valence-electron chi connectivity index (χ0n) is 28.9. The Balaban J connectivity index is 1.47. The highest BCUT2D eigenvalue weighted by molar-refractivity contribution is 7.90. The first-order valence-corrected chi connectivity index (χ1v) is 18.8. The van der Waals surface area contributed by atoms with Crippen molar-refractivity contribution < 1.29 is 31.2 Å². The largest absolute Gasteiger partial charge is 0.418 e. The van der Waals surface area contributed by atoms with Crippen LogP contribution in [0, 0.1) is 0 Å². The van der Waals surface area contributed by atoms with E-state index < -0.39 is 39.0 Å². The van der Waals surface area contributed by atoms with Crippen LogP contribution in [0.1, 0.15) is 73.3 Å². The van der Waals surface area contributed by atoms with Crippen molar-refractivity contribution in [3.8, 4) is 16.8 Å². The van der Waals surface area contributed by atoms with Crippen LogP contribution in [0.15, 0.2) is 101 Å². The topological polar surface area (TPSA) is 132 Å². The lowest BCUT2D eigenvalue weighted by Gasteiger charge is -2.14. The molecule has 4 aromatic carbocycles. The van der Waals surface area contributed by atoms with E-state index in [1.54, 1.807) is 42.5 Å². The lowest BCUT2D eigenvalue weighted by molar-refractivity contribution is -0.137. The van der Waals surface area contributed by atoms with E-state index in [2.05, 4.69) is 15.1 Å². The van der Waals surface area contributed by atoms with Crippen molar-refractivity contribution >= 4 is 39.1 Å². The first-order valence-electron chi connectivity index (χ1n) is 16.9. The van der Waals surface area contributed by atoms with Crippen LogP contribution < -0.4 is 15.7 Å². The Bertz CT molecular complexity index is 2290. The number of hydrogen-bond donors (Lipinski definition) is 2. The first kappa shape index (κ1) is 39.0. The predicted octanol–water partition coefficient (Wildman–Crippen LogP) is 8.01. The van der Waals surface area contributed by atoms with Crippen molar-refractivity contribution in [2.45, 2.75) is 70.0 Å². The fraction of sp³-hybridized carbons (Fsp3) is 0.263. The van der Waals surface area contributed by atoms with Crippen LogP contribution >= 0.6 is 11.6 Å². The Hall–Kier alpha value is -5.21. The van der Waals surface area contributed by atoms with Crippen LogP contribution in [-0.2, 0) is 34.0 Å². The fourth-order valence-corrected chi connectivity index (χ4v) is 7.03. The summed E-state index contributed by atoms with van der Waals surface area (Å²) in [7, 11) is -4.33. The monoisotopic (exact) mass is 767 g/mol. The second-order valence-electron chi connectivity index (χ2n) is 12.3. The number of hydrogen-bond acceptors (Lipinski definition) is 6. The molecule has 0 spiro atoms. The Kier molecular flexibility index (Phi) is 12.2. The highest BCUT2D eigenvalue weighted by atomic mass is 35.5. The predicted molar refractivity (Wildman–Crippen MR) is 197 cm³/mol. The molecule has 0 saturated heterocycles. The summed E-state index contributed by atoms with van der Waals surface area (Å²) in [5, 5.41) is 7.24. The Morgan fingerprint density at radius 2 is 1.60 bits per heavy atom. The minimum Gasteiger partial charge on any atom is -0.326 e. The van der Waals surface area contributed by atoms with Crippen LogP contribution in [0.2, 0.25) is 5.02 Å². The summed E-state index contributed by atoms with van der Waals surface area (Å²) < 4.78 is 73.5. The lowest BCUT2D eigenvalue weighted by Crippen LogP contribution is -2.30. The molecule has 0 aliphatic rings. The van der Waals surface area contributed by atoms with Crippen molar-refractivity contribution in [1.29, 1.82) is 0 Å². The highest BCUT2D eigenvalue weighted by Crippen LogP contribution is 2.35. The van der Waals surface area contributed by atoms with Crippen molar-refractivity contribution in [3.63, 3.8) is 0 Å². The minimum absolute atomic E-state index is 0.0391. The molecular formula is C38H37ClF3N5O5S. The molecule has 5 rings (SSSR count). The Labute approximate surface area is 309 Å². The molecule has 0 fully saturated rings. The number of aryl methyl sites for hydroxylation is 1. The quantitative estimate of drug-likeness (QED) is 0.118. The summed E-state index contributed by atoms with van der Waals surface area (Å²) in [6.07, 6.45) is -1.56. The van der Waals surface area contributed by atoms with Gasteiger partial charge in [0.1, 0.15) is 5.82 Å². The van der Waals surface area contributed by atoms with E-state index in [0.717, 1.165) is 35.7 Å².